The van der Waals surface area contributed by atoms with Gasteiger partial charge in [-0.2, -0.15) is 4.98 Å². The predicted molar refractivity (Wildman–Crippen MR) is 108 cm³/mol. The Morgan fingerprint density at radius 1 is 1.07 bits per heavy atom. The summed E-state index contributed by atoms with van der Waals surface area (Å²) in [6, 6.07) is 11.4. The molecule has 0 aliphatic heterocycles. The van der Waals surface area contributed by atoms with Crippen molar-refractivity contribution in [2.45, 2.75) is 20.0 Å². The fourth-order valence-electron chi connectivity index (χ4n) is 2.59. The summed E-state index contributed by atoms with van der Waals surface area (Å²) in [6.45, 7) is 3.20. The highest BCUT2D eigenvalue weighted by Gasteiger charge is 2.21. The number of aryl methyl sites for hydroxylation is 1. The van der Waals surface area contributed by atoms with Crippen LogP contribution in [0.3, 0.4) is 0 Å². The molecule has 0 saturated heterocycles. The molecule has 1 aromatic heterocycles. The van der Waals surface area contributed by atoms with Crippen LogP contribution in [0.4, 0.5) is 5.69 Å². The van der Waals surface area contributed by atoms with Crippen molar-refractivity contribution in [3.63, 3.8) is 0 Å². The average Bonchev–Trinajstić information content (AvgIpc) is 3.19. The Morgan fingerprint density at radius 3 is 2.40 bits per heavy atom. The third-order valence-electron chi connectivity index (χ3n) is 4.21. The van der Waals surface area contributed by atoms with Crippen LogP contribution in [0.5, 0.6) is 11.5 Å². The highest BCUT2D eigenvalue weighted by Crippen LogP contribution is 2.29. The number of carbonyl (C=O) groups excluding carboxylic acids is 2. The lowest BCUT2D eigenvalue weighted by molar-refractivity contribution is -0.123. The van der Waals surface area contributed by atoms with Crippen molar-refractivity contribution in [3.8, 4) is 23.0 Å². The molecular weight excluding hydrogens is 390 g/mol. The summed E-state index contributed by atoms with van der Waals surface area (Å²) in [6.07, 6.45) is -1.04. The van der Waals surface area contributed by atoms with Gasteiger partial charge in [0.25, 0.3) is 11.8 Å². The summed E-state index contributed by atoms with van der Waals surface area (Å²) in [5.41, 5.74) is 1.36. The molecule has 156 valence electrons. The van der Waals surface area contributed by atoms with E-state index in [2.05, 4.69) is 15.5 Å². The van der Waals surface area contributed by atoms with E-state index < -0.39 is 18.0 Å². The van der Waals surface area contributed by atoms with Gasteiger partial charge in [-0.05, 0) is 50.2 Å². The van der Waals surface area contributed by atoms with E-state index in [0.717, 1.165) is 0 Å². The van der Waals surface area contributed by atoms with E-state index in [1.165, 1.54) is 21.1 Å². The Morgan fingerprint density at radius 2 is 1.80 bits per heavy atom. The number of ether oxygens (including phenoxy) is 3. The molecule has 2 aromatic carbocycles. The summed E-state index contributed by atoms with van der Waals surface area (Å²) >= 11 is 0. The number of benzene rings is 2. The molecule has 1 heterocycles. The van der Waals surface area contributed by atoms with Crippen molar-refractivity contribution in [2.75, 3.05) is 19.5 Å². The van der Waals surface area contributed by atoms with Crippen LogP contribution < -0.4 is 14.8 Å². The lowest BCUT2D eigenvalue weighted by Crippen LogP contribution is -2.30. The Balaban J connectivity index is 1.64. The number of amides is 1. The molecule has 0 bridgehead atoms. The van der Waals surface area contributed by atoms with Crippen LogP contribution in [0.15, 0.2) is 47.0 Å². The first-order valence-corrected chi connectivity index (χ1v) is 9.06. The number of nitrogens with one attached hydrogen (secondary N) is 1. The summed E-state index contributed by atoms with van der Waals surface area (Å²) in [5, 5.41) is 6.40. The number of rotatable bonds is 7. The van der Waals surface area contributed by atoms with E-state index in [9.17, 15) is 9.59 Å². The van der Waals surface area contributed by atoms with Gasteiger partial charge < -0.3 is 24.1 Å². The minimum atomic E-state index is -1.04. The van der Waals surface area contributed by atoms with Crippen molar-refractivity contribution in [2.24, 2.45) is 0 Å². The third-order valence-corrected chi connectivity index (χ3v) is 4.21. The minimum absolute atomic E-state index is 0.286. The van der Waals surface area contributed by atoms with Gasteiger partial charge in [-0.1, -0.05) is 5.16 Å². The summed E-state index contributed by atoms with van der Waals surface area (Å²) in [4.78, 5) is 29.0. The number of esters is 1. The molecule has 0 aliphatic rings. The molecule has 3 aromatic rings. The van der Waals surface area contributed by atoms with Gasteiger partial charge in [-0.15, -0.1) is 0 Å². The molecule has 0 aliphatic carbocycles. The maximum absolute atomic E-state index is 12.5. The third kappa shape index (κ3) is 4.75. The Labute approximate surface area is 172 Å². The first-order chi connectivity index (χ1) is 14.4. The Hall–Kier alpha value is -3.88. The van der Waals surface area contributed by atoms with Crippen LogP contribution in [0.2, 0.25) is 0 Å². The normalized spacial score (nSPS) is 11.5. The summed E-state index contributed by atoms with van der Waals surface area (Å²) in [5.74, 6) is 0.728. The van der Waals surface area contributed by atoms with Gasteiger partial charge in [0.15, 0.2) is 11.9 Å². The highest BCUT2D eigenvalue weighted by atomic mass is 16.5. The van der Waals surface area contributed by atoms with Crippen LogP contribution >= 0.6 is 0 Å². The summed E-state index contributed by atoms with van der Waals surface area (Å²) in [7, 11) is 3.00. The SMILES string of the molecule is COc1ccc(OC)c(NC(=O)[C@@H](C)OC(=O)c2ccc(-c3nc(C)no3)cc2)c1. The van der Waals surface area contributed by atoms with Gasteiger partial charge in [0.1, 0.15) is 11.5 Å². The first-order valence-electron chi connectivity index (χ1n) is 9.06. The molecule has 0 saturated carbocycles. The molecule has 1 N–H and O–H groups in total. The second-order valence-electron chi connectivity index (χ2n) is 6.33. The molecule has 0 radical (unpaired) electrons. The number of methoxy groups -OCH3 is 2. The molecular formula is C21H21N3O6. The van der Waals surface area contributed by atoms with Crippen molar-refractivity contribution in [1.29, 1.82) is 0 Å². The van der Waals surface area contributed by atoms with E-state index in [1.807, 2.05) is 0 Å². The van der Waals surface area contributed by atoms with Crippen molar-refractivity contribution >= 4 is 17.6 Å². The first kappa shape index (κ1) is 20.8. The Kier molecular flexibility index (Phi) is 6.31. The van der Waals surface area contributed by atoms with Gasteiger partial charge in [0.05, 0.1) is 25.5 Å². The molecule has 0 unspecified atom stereocenters. The van der Waals surface area contributed by atoms with Crippen LogP contribution in [-0.2, 0) is 9.53 Å². The quantitative estimate of drug-likeness (QED) is 0.590. The standard InChI is InChI=1S/C21H21N3O6/c1-12(19(25)23-17-11-16(27-3)9-10-18(17)28-4)29-21(26)15-7-5-14(6-8-15)20-22-13(2)24-30-20/h5-12H,1-4H3,(H,23,25)/t12-/m1/s1. The van der Waals surface area contributed by atoms with E-state index in [0.29, 0.717) is 34.5 Å². The molecule has 0 fully saturated rings. The Bertz CT molecular complexity index is 1050. The molecule has 0 spiro atoms. The molecule has 1 atom stereocenters. The van der Waals surface area contributed by atoms with E-state index in [-0.39, 0.29) is 5.56 Å². The van der Waals surface area contributed by atoms with Gasteiger partial charge in [0.2, 0.25) is 0 Å². The van der Waals surface area contributed by atoms with Crippen molar-refractivity contribution in [1.82, 2.24) is 10.1 Å². The zero-order valence-corrected chi connectivity index (χ0v) is 17.0. The molecule has 9 nitrogen and oxygen atoms in total. The molecule has 30 heavy (non-hydrogen) atoms. The van der Waals surface area contributed by atoms with Crippen molar-refractivity contribution < 1.29 is 28.3 Å². The predicted octanol–water partition coefficient (Wildman–Crippen LogP) is 3.25. The zero-order chi connectivity index (χ0) is 21.7. The van der Waals surface area contributed by atoms with Crippen LogP contribution in [0.1, 0.15) is 23.1 Å². The highest BCUT2D eigenvalue weighted by molar-refractivity contribution is 5.98. The van der Waals surface area contributed by atoms with Gasteiger partial charge in [-0.3, -0.25) is 4.79 Å². The maximum Gasteiger partial charge on any atom is 0.338 e. The topological polar surface area (TPSA) is 113 Å². The lowest BCUT2D eigenvalue weighted by atomic mass is 10.1. The molecule has 1 amide bonds. The second kappa shape index (κ2) is 9.08. The van der Waals surface area contributed by atoms with Gasteiger partial charge in [0, 0.05) is 11.6 Å². The van der Waals surface area contributed by atoms with E-state index in [1.54, 1.807) is 49.4 Å². The van der Waals surface area contributed by atoms with E-state index >= 15 is 0 Å². The molecule has 9 heteroatoms. The zero-order valence-electron chi connectivity index (χ0n) is 17.0. The van der Waals surface area contributed by atoms with E-state index in [4.69, 9.17) is 18.7 Å². The smallest absolute Gasteiger partial charge is 0.338 e. The summed E-state index contributed by atoms with van der Waals surface area (Å²) < 4.78 is 20.7. The lowest BCUT2D eigenvalue weighted by Gasteiger charge is -2.16. The monoisotopic (exact) mass is 411 g/mol. The van der Waals surface area contributed by atoms with Gasteiger partial charge in [-0.25, -0.2) is 4.79 Å². The maximum atomic E-state index is 12.5. The number of nitrogens with zero attached hydrogens (tertiary/aromatic N) is 2. The van der Waals surface area contributed by atoms with Crippen LogP contribution in [0.25, 0.3) is 11.5 Å². The molecule has 3 rings (SSSR count). The number of anilines is 1. The number of hydrogen-bond acceptors (Lipinski definition) is 8. The average molecular weight is 411 g/mol. The van der Waals surface area contributed by atoms with Crippen LogP contribution in [0, 0.1) is 6.92 Å². The number of hydrogen-bond donors (Lipinski definition) is 1. The van der Waals surface area contributed by atoms with Crippen molar-refractivity contribution in [3.05, 3.63) is 53.9 Å². The van der Waals surface area contributed by atoms with Crippen LogP contribution in [-0.4, -0.2) is 42.3 Å². The second-order valence-corrected chi connectivity index (χ2v) is 6.33. The fourth-order valence-corrected chi connectivity index (χ4v) is 2.59. The fraction of sp³-hybridized carbons (Fsp3) is 0.238. The minimum Gasteiger partial charge on any atom is -0.497 e. The number of aromatic nitrogens is 2. The van der Waals surface area contributed by atoms with Gasteiger partial charge >= 0.3 is 5.97 Å². The number of carbonyl (C=O) groups is 2. The largest absolute Gasteiger partial charge is 0.497 e.